The molecule has 0 aromatic heterocycles. The van der Waals surface area contributed by atoms with E-state index in [0.717, 1.165) is 0 Å². The summed E-state index contributed by atoms with van der Waals surface area (Å²) in [7, 11) is -2.67. The number of hydrogen-bond donors (Lipinski definition) is 2. The first kappa shape index (κ1) is 17.5. The van der Waals surface area contributed by atoms with E-state index in [1.807, 2.05) is 36.4 Å². The summed E-state index contributed by atoms with van der Waals surface area (Å²) in [4.78, 5) is 31.4. The highest BCUT2D eigenvalue weighted by Crippen LogP contribution is 2.46. The molecule has 0 spiro atoms. The molecule has 0 saturated heterocycles. The largest absolute Gasteiger partial charge is 0.328 e. The summed E-state index contributed by atoms with van der Waals surface area (Å²) in [6, 6.07) is 18.2. The highest BCUT2D eigenvalue weighted by Gasteiger charge is 2.40. The normalized spacial score (nSPS) is 11.5. The molecule has 0 bridgehead atoms. The molecule has 5 heteroatoms. The molecule has 0 heterocycles. The van der Waals surface area contributed by atoms with E-state index in [-0.39, 0.29) is 12.2 Å². The molecule has 0 aliphatic rings. The molecule has 23 heavy (non-hydrogen) atoms. The molecule has 0 aliphatic carbocycles. The number of allylic oxidation sites excluding steroid dienone is 1. The molecule has 0 unspecified atom stereocenters. The molecule has 0 amide bonds. The van der Waals surface area contributed by atoms with Crippen LogP contribution >= 0.6 is 8.60 Å². The molecule has 2 aromatic rings. The number of hydrogen-bond acceptors (Lipinski definition) is 4. The van der Waals surface area contributed by atoms with Crippen LogP contribution in [0.5, 0.6) is 0 Å². The number of rotatable bonds is 7. The van der Waals surface area contributed by atoms with Crippen molar-refractivity contribution in [2.24, 2.45) is 0 Å². The van der Waals surface area contributed by atoms with Crippen molar-refractivity contribution < 1.29 is 19.1 Å². The maximum absolute atomic E-state index is 12.4. The highest BCUT2D eigenvalue weighted by molar-refractivity contribution is 7.39. The zero-order valence-electron chi connectivity index (χ0n) is 12.8. The van der Waals surface area contributed by atoms with Gasteiger partial charge in [0.1, 0.15) is 5.60 Å². The monoisotopic (exact) mass is 330 g/mol. The van der Waals surface area contributed by atoms with Crippen LogP contribution in [0.3, 0.4) is 0 Å². The van der Waals surface area contributed by atoms with E-state index >= 15 is 0 Å². The summed E-state index contributed by atoms with van der Waals surface area (Å²) in [5, 5.41) is 0. The fourth-order valence-corrected chi connectivity index (χ4v) is 2.99. The van der Waals surface area contributed by atoms with Crippen LogP contribution in [-0.4, -0.2) is 15.6 Å². The smallest absolute Gasteiger partial charge is 0.328 e. The quantitative estimate of drug-likeness (QED) is 0.600. The van der Waals surface area contributed by atoms with Gasteiger partial charge in [-0.25, -0.2) is 0 Å². The van der Waals surface area contributed by atoms with Gasteiger partial charge in [-0.05, 0) is 23.6 Å². The Balaban J connectivity index is 2.63. The molecule has 0 radical (unpaired) electrons. The number of carbonyl (C=O) groups is 1. The lowest BCUT2D eigenvalue weighted by atomic mass is 9.81. The zero-order valence-corrected chi connectivity index (χ0v) is 13.7. The lowest BCUT2D eigenvalue weighted by Crippen LogP contribution is -2.33. The van der Waals surface area contributed by atoms with Crippen LogP contribution < -0.4 is 0 Å². The van der Waals surface area contributed by atoms with Crippen molar-refractivity contribution in [2.45, 2.75) is 18.9 Å². The second-order valence-corrected chi connectivity index (χ2v) is 5.97. The Morgan fingerprint density at radius 1 is 1.04 bits per heavy atom. The Morgan fingerprint density at radius 2 is 1.48 bits per heavy atom. The second-order valence-electron chi connectivity index (χ2n) is 5.28. The Hall–Kier alpha value is -1.84. The molecular formula is C18H19O4P. The van der Waals surface area contributed by atoms with Crippen LogP contribution in [0.1, 0.15) is 24.5 Å². The molecule has 4 nitrogen and oxygen atoms in total. The van der Waals surface area contributed by atoms with Crippen molar-refractivity contribution in [3.8, 4) is 0 Å². The number of benzene rings is 2. The van der Waals surface area contributed by atoms with Crippen LogP contribution in [0.25, 0.3) is 0 Å². The molecule has 0 atom stereocenters. The van der Waals surface area contributed by atoms with Gasteiger partial charge in [0, 0.05) is 6.42 Å². The first-order valence-corrected chi connectivity index (χ1v) is 8.29. The molecule has 2 aromatic carbocycles. The summed E-state index contributed by atoms with van der Waals surface area (Å²) >= 11 is 0. The third-order valence-electron chi connectivity index (χ3n) is 3.60. The Bertz CT molecular complexity index is 628. The summed E-state index contributed by atoms with van der Waals surface area (Å²) in [5.74, 6) is -0.199. The van der Waals surface area contributed by atoms with Crippen LogP contribution in [-0.2, 0) is 14.9 Å². The van der Waals surface area contributed by atoms with Crippen LogP contribution in [0.4, 0.5) is 0 Å². The summed E-state index contributed by atoms with van der Waals surface area (Å²) in [6.07, 6.45) is -0.0592. The predicted octanol–water partition coefficient (Wildman–Crippen LogP) is 3.69. The Kier molecular flexibility index (Phi) is 5.80. The number of Topliss-reactive ketones (excluding diaryl/α,β-unsaturated/α-hetero) is 1. The van der Waals surface area contributed by atoms with Crippen LogP contribution in [0, 0.1) is 0 Å². The molecule has 120 valence electrons. The van der Waals surface area contributed by atoms with Gasteiger partial charge in [0.05, 0.1) is 0 Å². The van der Waals surface area contributed by atoms with Crippen molar-refractivity contribution in [1.82, 2.24) is 0 Å². The van der Waals surface area contributed by atoms with E-state index in [0.29, 0.717) is 16.7 Å². The van der Waals surface area contributed by atoms with Gasteiger partial charge < -0.3 is 9.79 Å². The topological polar surface area (TPSA) is 66.8 Å². The number of carbonyl (C=O) groups excluding carboxylic acids is 1. The van der Waals surface area contributed by atoms with Crippen molar-refractivity contribution in [1.29, 1.82) is 0 Å². The highest BCUT2D eigenvalue weighted by atomic mass is 31.2. The predicted molar refractivity (Wildman–Crippen MR) is 90.5 cm³/mol. The Labute approximate surface area is 137 Å². The van der Waals surface area contributed by atoms with E-state index < -0.39 is 14.2 Å². The summed E-state index contributed by atoms with van der Waals surface area (Å²) in [6.45, 7) is 5.31. The minimum atomic E-state index is -2.67. The van der Waals surface area contributed by atoms with Crippen molar-refractivity contribution >= 4 is 14.4 Å². The summed E-state index contributed by atoms with van der Waals surface area (Å²) in [5.41, 5.74) is 0.478. The maximum atomic E-state index is 12.4. The average molecular weight is 330 g/mol. The molecule has 0 saturated carbocycles. The fourth-order valence-electron chi connectivity index (χ4n) is 2.44. The molecular weight excluding hydrogens is 311 g/mol. The summed E-state index contributed by atoms with van der Waals surface area (Å²) < 4.78 is 5.54. The van der Waals surface area contributed by atoms with Crippen molar-refractivity contribution in [3.05, 3.63) is 83.9 Å². The molecule has 0 aliphatic heterocycles. The molecule has 2 rings (SSSR count). The maximum Gasteiger partial charge on any atom is 0.328 e. The van der Waals surface area contributed by atoms with Gasteiger partial charge >= 0.3 is 8.60 Å². The SMILES string of the molecule is C=C(C)C(=O)CC(OP(O)O)(c1ccccc1)c1ccccc1. The third-order valence-corrected chi connectivity index (χ3v) is 4.08. The van der Waals surface area contributed by atoms with E-state index in [9.17, 15) is 14.6 Å². The first-order chi connectivity index (χ1) is 11.0. The lowest BCUT2D eigenvalue weighted by Gasteiger charge is -2.34. The zero-order chi connectivity index (χ0) is 16.9. The minimum absolute atomic E-state index is 0.0592. The van der Waals surface area contributed by atoms with Crippen molar-refractivity contribution in [3.63, 3.8) is 0 Å². The van der Waals surface area contributed by atoms with Crippen LogP contribution in [0.2, 0.25) is 0 Å². The van der Waals surface area contributed by atoms with Gasteiger partial charge in [-0.3, -0.25) is 9.32 Å². The lowest BCUT2D eigenvalue weighted by molar-refractivity contribution is -0.118. The standard InChI is InChI=1S/C18H19O4P/c1-14(2)17(19)13-18(22-23(20)21,15-9-5-3-6-10-15)16-11-7-4-8-12-16/h3-12,20-21H,1,13H2,2H3. The van der Waals surface area contributed by atoms with E-state index in [1.165, 1.54) is 0 Å². The van der Waals surface area contributed by atoms with Gasteiger partial charge in [0.25, 0.3) is 0 Å². The van der Waals surface area contributed by atoms with Gasteiger partial charge in [-0.15, -0.1) is 0 Å². The van der Waals surface area contributed by atoms with Gasteiger partial charge in [-0.2, -0.15) is 0 Å². The fraction of sp³-hybridized carbons (Fsp3) is 0.167. The minimum Gasteiger partial charge on any atom is -0.328 e. The molecule has 2 N–H and O–H groups in total. The van der Waals surface area contributed by atoms with Crippen LogP contribution in [0.15, 0.2) is 72.8 Å². The molecule has 0 fully saturated rings. The third kappa shape index (κ3) is 4.12. The Morgan fingerprint density at radius 3 is 1.83 bits per heavy atom. The first-order valence-electron chi connectivity index (χ1n) is 7.12. The van der Waals surface area contributed by atoms with Gasteiger partial charge in [-0.1, -0.05) is 67.2 Å². The average Bonchev–Trinajstić information content (AvgIpc) is 2.55. The van der Waals surface area contributed by atoms with Crippen molar-refractivity contribution in [2.75, 3.05) is 0 Å². The van der Waals surface area contributed by atoms with E-state index in [1.54, 1.807) is 31.2 Å². The van der Waals surface area contributed by atoms with E-state index in [4.69, 9.17) is 4.52 Å². The van der Waals surface area contributed by atoms with E-state index in [2.05, 4.69) is 6.58 Å². The number of ketones is 1. The van der Waals surface area contributed by atoms with Gasteiger partial charge in [0.15, 0.2) is 5.78 Å². The second kappa shape index (κ2) is 7.62. The van der Waals surface area contributed by atoms with Gasteiger partial charge in [0.2, 0.25) is 0 Å².